The Bertz CT molecular complexity index is 1110. The maximum absolute atomic E-state index is 4.51. The molecule has 1 fully saturated rings. The predicted molar refractivity (Wildman–Crippen MR) is 130 cm³/mol. The molecule has 5 rings (SSSR count). The van der Waals surface area contributed by atoms with Gasteiger partial charge in [-0.05, 0) is 33.5 Å². The molecule has 0 aliphatic carbocycles. The van der Waals surface area contributed by atoms with Crippen LogP contribution >= 0.6 is 0 Å². The molecule has 0 spiro atoms. The van der Waals surface area contributed by atoms with E-state index in [-0.39, 0.29) is 6.04 Å². The molecule has 0 N–H and O–H groups in total. The van der Waals surface area contributed by atoms with E-state index in [0.717, 1.165) is 51.5 Å². The van der Waals surface area contributed by atoms with Crippen LogP contribution in [0.15, 0.2) is 91.0 Å². The summed E-state index contributed by atoms with van der Waals surface area (Å²) in [6.45, 7) is 5.80. The maximum atomic E-state index is 4.51. The van der Waals surface area contributed by atoms with Crippen molar-refractivity contribution in [1.29, 1.82) is 0 Å². The summed E-state index contributed by atoms with van der Waals surface area (Å²) in [5.41, 5.74) is 3.91. The number of benzene rings is 3. The van der Waals surface area contributed by atoms with E-state index in [1.807, 2.05) is 4.68 Å². The fourth-order valence-electron chi connectivity index (χ4n) is 4.63. The number of hydrogen-bond donors (Lipinski definition) is 0. The van der Waals surface area contributed by atoms with Crippen molar-refractivity contribution in [3.05, 3.63) is 114 Å². The lowest BCUT2D eigenvalue weighted by Crippen LogP contribution is -2.48. The monoisotopic (exact) mass is 438 g/mol. The first kappa shape index (κ1) is 21.5. The summed E-state index contributed by atoms with van der Waals surface area (Å²) in [6.07, 6.45) is 0.908. The zero-order valence-corrected chi connectivity index (χ0v) is 18.9. The van der Waals surface area contributed by atoms with E-state index in [9.17, 15) is 0 Å². The van der Waals surface area contributed by atoms with Gasteiger partial charge in [-0.25, -0.2) is 4.68 Å². The molecule has 0 radical (unpaired) electrons. The number of rotatable bonds is 8. The molecule has 0 bridgehead atoms. The highest BCUT2D eigenvalue weighted by molar-refractivity contribution is 5.25. The van der Waals surface area contributed by atoms with Crippen LogP contribution in [0.2, 0.25) is 0 Å². The van der Waals surface area contributed by atoms with Gasteiger partial charge in [0.1, 0.15) is 0 Å². The Kier molecular flexibility index (Phi) is 6.85. The minimum atomic E-state index is 0.0517. The summed E-state index contributed by atoms with van der Waals surface area (Å²) in [5.74, 6) is 0.925. The lowest BCUT2D eigenvalue weighted by molar-refractivity contribution is 0.100. The number of nitrogens with zero attached hydrogens (tertiary/aromatic N) is 6. The fraction of sp³-hybridized carbons (Fsp3) is 0.296. The number of piperazine rings is 1. The summed E-state index contributed by atoms with van der Waals surface area (Å²) in [6, 6.07) is 32.0. The Morgan fingerprint density at radius 1 is 0.697 bits per heavy atom. The first-order valence-corrected chi connectivity index (χ1v) is 11.7. The third kappa shape index (κ3) is 5.35. The average molecular weight is 439 g/mol. The van der Waals surface area contributed by atoms with Gasteiger partial charge in [0.05, 0.1) is 6.04 Å². The molecule has 1 atom stereocenters. The van der Waals surface area contributed by atoms with Gasteiger partial charge in [-0.3, -0.25) is 9.80 Å². The molecule has 3 aromatic carbocycles. The minimum absolute atomic E-state index is 0.0517. The summed E-state index contributed by atoms with van der Waals surface area (Å²) < 4.78 is 1.99. The second-order valence-corrected chi connectivity index (χ2v) is 8.61. The van der Waals surface area contributed by atoms with Gasteiger partial charge in [0.15, 0.2) is 5.82 Å². The maximum Gasteiger partial charge on any atom is 0.173 e. The first-order valence-electron chi connectivity index (χ1n) is 11.7. The Balaban J connectivity index is 1.32. The van der Waals surface area contributed by atoms with Gasteiger partial charge >= 0.3 is 0 Å². The summed E-state index contributed by atoms with van der Waals surface area (Å²) in [4.78, 5) is 5.06. The van der Waals surface area contributed by atoms with Crippen LogP contribution in [-0.4, -0.2) is 56.2 Å². The fourth-order valence-corrected chi connectivity index (χ4v) is 4.63. The van der Waals surface area contributed by atoms with Gasteiger partial charge in [0.2, 0.25) is 0 Å². The van der Waals surface area contributed by atoms with Gasteiger partial charge in [0, 0.05) is 39.3 Å². The number of hydrogen-bond acceptors (Lipinski definition) is 5. The summed E-state index contributed by atoms with van der Waals surface area (Å²) in [5, 5.41) is 12.9. The van der Waals surface area contributed by atoms with Gasteiger partial charge in [-0.2, -0.15) is 0 Å². The van der Waals surface area contributed by atoms with Crippen LogP contribution in [-0.2, 0) is 19.5 Å². The Morgan fingerprint density at radius 2 is 1.30 bits per heavy atom. The second kappa shape index (κ2) is 10.5. The van der Waals surface area contributed by atoms with Crippen molar-refractivity contribution in [3.63, 3.8) is 0 Å². The van der Waals surface area contributed by atoms with Crippen molar-refractivity contribution in [2.45, 2.75) is 25.6 Å². The Labute approximate surface area is 195 Å². The molecule has 6 nitrogen and oxygen atoms in total. The van der Waals surface area contributed by atoms with Gasteiger partial charge in [-0.15, -0.1) is 5.10 Å². The quantitative estimate of drug-likeness (QED) is 0.419. The molecule has 1 aliphatic heterocycles. The summed E-state index contributed by atoms with van der Waals surface area (Å²) >= 11 is 0. The van der Waals surface area contributed by atoms with Crippen molar-refractivity contribution in [3.8, 4) is 0 Å². The number of aryl methyl sites for hydroxylation is 2. The van der Waals surface area contributed by atoms with E-state index in [4.69, 9.17) is 0 Å². The van der Waals surface area contributed by atoms with Gasteiger partial charge in [0.25, 0.3) is 0 Å². The van der Waals surface area contributed by atoms with E-state index in [1.54, 1.807) is 0 Å². The van der Waals surface area contributed by atoms with Crippen molar-refractivity contribution in [1.82, 2.24) is 30.0 Å². The molecule has 1 saturated heterocycles. The Hall–Kier alpha value is -3.35. The molecule has 33 heavy (non-hydrogen) atoms. The van der Waals surface area contributed by atoms with Crippen LogP contribution in [0.1, 0.15) is 28.6 Å². The molecule has 1 aliphatic rings. The Morgan fingerprint density at radius 3 is 1.97 bits per heavy atom. The molecular weight excluding hydrogens is 408 g/mol. The molecule has 1 aromatic heterocycles. The van der Waals surface area contributed by atoms with Crippen LogP contribution in [0.4, 0.5) is 0 Å². The molecule has 168 valence electrons. The van der Waals surface area contributed by atoms with Crippen molar-refractivity contribution >= 4 is 0 Å². The van der Waals surface area contributed by atoms with Crippen LogP contribution in [0, 0.1) is 0 Å². The zero-order valence-electron chi connectivity index (χ0n) is 18.9. The van der Waals surface area contributed by atoms with E-state index in [0.29, 0.717) is 0 Å². The zero-order chi connectivity index (χ0) is 22.3. The standard InChI is InChI=1S/C27H30N6/c1-4-10-23(11-5-1)16-17-33-27(28-29-30-33)26(25-14-8-3-9-15-25)32-20-18-31(19-21-32)22-24-12-6-2-7-13-24/h1-15,26H,16-22H2/t26-/m0/s1. The topological polar surface area (TPSA) is 50.1 Å². The molecule has 2 heterocycles. The normalized spacial score (nSPS) is 16.0. The van der Waals surface area contributed by atoms with E-state index >= 15 is 0 Å². The number of tetrazole rings is 1. The first-order chi connectivity index (χ1) is 16.4. The van der Waals surface area contributed by atoms with Crippen molar-refractivity contribution < 1.29 is 0 Å². The summed E-state index contributed by atoms with van der Waals surface area (Å²) in [7, 11) is 0. The molecular formula is C27H30N6. The minimum Gasteiger partial charge on any atom is -0.297 e. The highest BCUT2D eigenvalue weighted by Crippen LogP contribution is 2.28. The molecule has 0 saturated carbocycles. The smallest absolute Gasteiger partial charge is 0.173 e. The van der Waals surface area contributed by atoms with Crippen LogP contribution in [0.3, 0.4) is 0 Å². The molecule has 4 aromatic rings. The van der Waals surface area contributed by atoms with Gasteiger partial charge < -0.3 is 0 Å². The van der Waals surface area contributed by atoms with Gasteiger partial charge in [-0.1, -0.05) is 91.0 Å². The molecule has 0 unspecified atom stereocenters. The molecule has 0 amide bonds. The van der Waals surface area contributed by atoms with E-state index in [2.05, 4.69) is 116 Å². The SMILES string of the molecule is c1ccc(CCn2nnnc2[C@H](c2ccccc2)N2CCN(Cc3ccccc3)CC2)cc1. The lowest BCUT2D eigenvalue weighted by Gasteiger charge is -2.39. The van der Waals surface area contributed by atoms with Crippen LogP contribution < -0.4 is 0 Å². The van der Waals surface area contributed by atoms with E-state index < -0.39 is 0 Å². The van der Waals surface area contributed by atoms with E-state index in [1.165, 1.54) is 16.7 Å². The van der Waals surface area contributed by atoms with Crippen LogP contribution in [0.5, 0.6) is 0 Å². The number of aromatic nitrogens is 4. The highest BCUT2D eigenvalue weighted by atomic mass is 15.6. The largest absolute Gasteiger partial charge is 0.297 e. The second-order valence-electron chi connectivity index (χ2n) is 8.61. The van der Waals surface area contributed by atoms with Crippen molar-refractivity contribution in [2.75, 3.05) is 26.2 Å². The van der Waals surface area contributed by atoms with Crippen LogP contribution in [0.25, 0.3) is 0 Å². The van der Waals surface area contributed by atoms with Crippen molar-refractivity contribution in [2.24, 2.45) is 0 Å². The third-order valence-electron chi connectivity index (χ3n) is 6.40. The average Bonchev–Trinajstić information content (AvgIpc) is 3.34. The third-order valence-corrected chi connectivity index (χ3v) is 6.40. The predicted octanol–water partition coefficient (Wildman–Crippen LogP) is 3.82. The highest BCUT2D eigenvalue weighted by Gasteiger charge is 2.30. The molecule has 6 heteroatoms. The lowest BCUT2D eigenvalue weighted by atomic mass is 10.0.